The van der Waals surface area contributed by atoms with Crippen molar-refractivity contribution < 1.29 is 19.4 Å². The zero-order chi connectivity index (χ0) is 13.8. The average molecular weight is 270 g/mol. The van der Waals surface area contributed by atoms with Crippen LogP contribution in [0.5, 0.6) is 0 Å². The smallest absolute Gasteiger partial charge is 0.305 e. The predicted molar refractivity (Wildman–Crippen MR) is 68.8 cm³/mol. The summed E-state index contributed by atoms with van der Waals surface area (Å²) in [6, 6.07) is -0.277. The van der Waals surface area contributed by atoms with Crippen LogP contribution in [0.4, 0.5) is 0 Å². The van der Waals surface area contributed by atoms with Crippen molar-refractivity contribution in [2.75, 3.05) is 20.2 Å². The molecule has 6 heteroatoms. The molecular formula is C13H22N2O4. The van der Waals surface area contributed by atoms with Crippen LogP contribution < -0.4 is 5.32 Å². The van der Waals surface area contributed by atoms with Gasteiger partial charge in [-0.1, -0.05) is 0 Å². The van der Waals surface area contributed by atoms with Crippen LogP contribution in [0.25, 0.3) is 0 Å². The molecule has 2 N–H and O–H groups in total. The van der Waals surface area contributed by atoms with E-state index in [2.05, 4.69) is 10.2 Å². The molecule has 1 saturated carbocycles. The molecule has 1 aliphatic heterocycles. The van der Waals surface area contributed by atoms with Gasteiger partial charge in [0.2, 0.25) is 5.91 Å². The number of carbonyl (C=O) groups excluding carboxylic acids is 1. The van der Waals surface area contributed by atoms with Gasteiger partial charge in [0, 0.05) is 26.2 Å². The molecule has 6 nitrogen and oxygen atoms in total. The Bertz CT molecular complexity index is 348. The number of hydrogen-bond acceptors (Lipinski definition) is 4. The van der Waals surface area contributed by atoms with E-state index in [-0.39, 0.29) is 24.5 Å². The summed E-state index contributed by atoms with van der Waals surface area (Å²) >= 11 is 0. The molecule has 2 fully saturated rings. The minimum atomic E-state index is -0.925. The maximum Gasteiger partial charge on any atom is 0.305 e. The van der Waals surface area contributed by atoms with Gasteiger partial charge < -0.3 is 15.2 Å². The number of carboxylic acids is 1. The van der Waals surface area contributed by atoms with Crippen molar-refractivity contribution in [2.24, 2.45) is 0 Å². The molecule has 0 spiro atoms. The maximum absolute atomic E-state index is 11.9. The minimum absolute atomic E-state index is 0.125. The Balaban J connectivity index is 2.06. The van der Waals surface area contributed by atoms with Crippen LogP contribution in [0.3, 0.4) is 0 Å². The number of nitrogens with zero attached hydrogens (tertiary/aromatic N) is 1. The number of piperazine rings is 1. The molecule has 1 saturated heterocycles. The molecule has 0 radical (unpaired) electrons. The van der Waals surface area contributed by atoms with Gasteiger partial charge in [0.25, 0.3) is 0 Å². The second kappa shape index (κ2) is 6.34. The topological polar surface area (TPSA) is 78.9 Å². The van der Waals surface area contributed by atoms with E-state index in [4.69, 9.17) is 9.84 Å². The van der Waals surface area contributed by atoms with Crippen molar-refractivity contribution in [1.29, 1.82) is 0 Å². The SMILES string of the molecule is COC1CCCC(N2CCNC(=O)C2CC(=O)O)C1. The number of rotatable bonds is 4. The van der Waals surface area contributed by atoms with Gasteiger partial charge >= 0.3 is 5.97 Å². The fraction of sp³-hybridized carbons (Fsp3) is 0.846. The van der Waals surface area contributed by atoms with Gasteiger partial charge in [0.1, 0.15) is 0 Å². The normalized spacial score (nSPS) is 32.9. The summed E-state index contributed by atoms with van der Waals surface area (Å²) in [4.78, 5) is 24.9. The van der Waals surface area contributed by atoms with Crippen LogP contribution in [0.1, 0.15) is 32.1 Å². The molecule has 108 valence electrons. The van der Waals surface area contributed by atoms with E-state index < -0.39 is 12.0 Å². The van der Waals surface area contributed by atoms with Gasteiger partial charge in [-0.2, -0.15) is 0 Å². The number of ether oxygens (including phenoxy) is 1. The first-order valence-corrected chi connectivity index (χ1v) is 6.90. The Morgan fingerprint density at radius 3 is 3.00 bits per heavy atom. The van der Waals surface area contributed by atoms with Gasteiger partial charge in [-0.3, -0.25) is 14.5 Å². The highest BCUT2D eigenvalue weighted by Gasteiger charge is 2.37. The van der Waals surface area contributed by atoms with Crippen molar-refractivity contribution >= 4 is 11.9 Å². The highest BCUT2D eigenvalue weighted by Crippen LogP contribution is 2.27. The third-order valence-corrected chi connectivity index (χ3v) is 4.14. The Hall–Kier alpha value is -1.14. The summed E-state index contributed by atoms with van der Waals surface area (Å²) in [6.07, 6.45) is 4.13. The number of methoxy groups -OCH3 is 1. The Morgan fingerprint density at radius 2 is 2.32 bits per heavy atom. The fourth-order valence-corrected chi connectivity index (χ4v) is 3.18. The van der Waals surface area contributed by atoms with E-state index in [9.17, 15) is 9.59 Å². The maximum atomic E-state index is 11.9. The Labute approximate surface area is 113 Å². The van der Waals surface area contributed by atoms with Crippen LogP contribution in [0.15, 0.2) is 0 Å². The zero-order valence-electron chi connectivity index (χ0n) is 11.3. The molecule has 1 heterocycles. The molecule has 3 unspecified atom stereocenters. The molecule has 2 aliphatic rings. The standard InChI is InChI=1S/C13H22N2O4/c1-19-10-4-2-3-9(7-10)15-6-5-14-13(18)11(15)8-12(16)17/h9-11H,2-8H2,1H3,(H,14,18)(H,16,17). The van der Waals surface area contributed by atoms with Gasteiger partial charge in [-0.05, 0) is 25.7 Å². The number of carbonyl (C=O) groups is 2. The second-order valence-electron chi connectivity index (χ2n) is 5.32. The minimum Gasteiger partial charge on any atom is -0.481 e. The van der Waals surface area contributed by atoms with E-state index in [1.54, 1.807) is 7.11 Å². The molecule has 1 aliphatic carbocycles. The number of aliphatic carboxylic acids is 1. The van der Waals surface area contributed by atoms with Crippen molar-refractivity contribution in [3.8, 4) is 0 Å². The quantitative estimate of drug-likeness (QED) is 0.764. The first-order valence-electron chi connectivity index (χ1n) is 6.90. The highest BCUT2D eigenvalue weighted by molar-refractivity contribution is 5.86. The largest absolute Gasteiger partial charge is 0.481 e. The van der Waals surface area contributed by atoms with E-state index >= 15 is 0 Å². The van der Waals surface area contributed by atoms with Crippen molar-refractivity contribution in [2.45, 2.75) is 50.3 Å². The number of amides is 1. The van der Waals surface area contributed by atoms with Gasteiger partial charge in [-0.15, -0.1) is 0 Å². The summed E-state index contributed by atoms with van der Waals surface area (Å²) < 4.78 is 5.41. The Morgan fingerprint density at radius 1 is 1.53 bits per heavy atom. The van der Waals surface area contributed by atoms with Crippen molar-refractivity contribution in [3.05, 3.63) is 0 Å². The van der Waals surface area contributed by atoms with Gasteiger partial charge in [0.15, 0.2) is 0 Å². The fourth-order valence-electron chi connectivity index (χ4n) is 3.18. The zero-order valence-corrected chi connectivity index (χ0v) is 11.3. The lowest BCUT2D eigenvalue weighted by Crippen LogP contribution is -2.60. The molecular weight excluding hydrogens is 248 g/mol. The summed E-state index contributed by atoms with van der Waals surface area (Å²) in [5.41, 5.74) is 0. The van der Waals surface area contributed by atoms with Crippen molar-refractivity contribution in [3.63, 3.8) is 0 Å². The average Bonchev–Trinajstić information content (AvgIpc) is 2.40. The number of nitrogens with one attached hydrogen (secondary N) is 1. The predicted octanol–water partition coefficient (Wildman–Crippen LogP) is 0.219. The molecule has 1 amide bonds. The van der Waals surface area contributed by atoms with Crippen LogP contribution >= 0.6 is 0 Å². The summed E-state index contributed by atoms with van der Waals surface area (Å²) in [6.45, 7) is 1.33. The number of carboxylic acid groups (broad SMARTS) is 1. The van der Waals surface area contributed by atoms with Gasteiger partial charge in [0.05, 0.1) is 18.6 Å². The molecule has 0 aromatic carbocycles. The second-order valence-corrected chi connectivity index (χ2v) is 5.32. The first kappa shape index (κ1) is 14.3. The third kappa shape index (κ3) is 3.45. The van der Waals surface area contributed by atoms with Crippen LogP contribution in [-0.2, 0) is 14.3 Å². The van der Waals surface area contributed by atoms with Crippen molar-refractivity contribution in [1.82, 2.24) is 10.2 Å². The van der Waals surface area contributed by atoms with Crippen LogP contribution in [-0.4, -0.2) is 60.3 Å². The highest BCUT2D eigenvalue weighted by atomic mass is 16.5. The molecule has 19 heavy (non-hydrogen) atoms. The third-order valence-electron chi connectivity index (χ3n) is 4.14. The molecule has 0 bridgehead atoms. The van der Waals surface area contributed by atoms with Gasteiger partial charge in [-0.25, -0.2) is 0 Å². The van der Waals surface area contributed by atoms with Crippen LogP contribution in [0, 0.1) is 0 Å². The summed E-state index contributed by atoms with van der Waals surface area (Å²) in [5.74, 6) is -1.08. The summed E-state index contributed by atoms with van der Waals surface area (Å²) in [7, 11) is 1.71. The molecule has 2 rings (SSSR count). The first-order chi connectivity index (χ1) is 9.11. The van der Waals surface area contributed by atoms with Crippen LogP contribution in [0.2, 0.25) is 0 Å². The molecule has 0 aromatic heterocycles. The van der Waals surface area contributed by atoms with E-state index in [1.165, 1.54) is 0 Å². The number of hydrogen-bond donors (Lipinski definition) is 2. The molecule has 0 aromatic rings. The lowest BCUT2D eigenvalue weighted by atomic mass is 9.89. The summed E-state index contributed by atoms with van der Waals surface area (Å²) in [5, 5.41) is 11.7. The molecule has 3 atom stereocenters. The lowest BCUT2D eigenvalue weighted by molar-refractivity contribution is -0.144. The lowest BCUT2D eigenvalue weighted by Gasteiger charge is -2.43. The van der Waals surface area contributed by atoms with E-state index in [0.717, 1.165) is 32.2 Å². The van der Waals surface area contributed by atoms with E-state index in [0.29, 0.717) is 6.54 Å². The Kier molecular flexibility index (Phi) is 4.76. The monoisotopic (exact) mass is 270 g/mol. The van der Waals surface area contributed by atoms with E-state index in [1.807, 2.05) is 0 Å².